The largest absolute Gasteiger partial charge is 0.316 e. The SMILES string of the molecule is CCc1ccc(CNC)cc1S(=O)(=O)NC1(C)CC1. The molecular formula is C14H22N2O2S. The van der Waals surface area contributed by atoms with Gasteiger partial charge in [0.25, 0.3) is 0 Å². The Balaban J connectivity index is 2.37. The summed E-state index contributed by atoms with van der Waals surface area (Å²) in [5.74, 6) is 0. The molecule has 0 aliphatic heterocycles. The number of rotatable bonds is 6. The first-order chi connectivity index (χ1) is 8.90. The predicted octanol–water partition coefficient (Wildman–Crippen LogP) is 1.80. The maximum absolute atomic E-state index is 12.5. The monoisotopic (exact) mass is 282 g/mol. The Morgan fingerprint density at radius 2 is 2.00 bits per heavy atom. The molecule has 2 N–H and O–H groups in total. The lowest BCUT2D eigenvalue weighted by molar-refractivity contribution is 0.557. The van der Waals surface area contributed by atoms with Crippen LogP contribution in [0.3, 0.4) is 0 Å². The highest BCUT2D eigenvalue weighted by Gasteiger charge is 2.41. The summed E-state index contributed by atoms with van der Waals surface area (Å²) in [6, 6.07) is 5.67. The zero-order valence-corrected chi connectivity index (χ0v) is 12.6. The highest BCUT2D eigenvalue weighted by atomic mass is 32.2. The second kappa shape index (κ2) is 5.23. The van der Waals surface area contributed by atoms with Crippen LogP contribution in [-0.4, -0.2) is 21.0 Å². The van der Waals surface area contributed by atoms with Crippen LogP contribution in [0.15, 0.2) is 23.1 Å². The number of hydrogen-bond donors (Lipinski definition) is 2. The Bertz CT molecular complexity index is 563. The van der Waals surface area contributed by atoms with Crippen molar-refractivity contribution in [3.05, 3.63) is 29.3 Å². The molecule has 106 valence electrons. The van der Waals surface area contributed by atoms with Crippen LogP contribution >= 0.6 is 0 Å². The third-order valence-electron chi connectivity index (χ3n) is 3.56. The van der Waals surface area contributed by atoms with Gasteiger partial charge in [0.05, 0.1) is 4.90 Å². The zero-order chi connectivity index (χ0) is 14.1. The molecule has 1 aromatic rings. The van der Waals surface area contributed by atoms with Crippen LogP contribution < -0.4 is 10.0 Å². The van der Waals surface area contributed by atoms with Gasteiger partial charge >= 0.3 is 0 Å². The van der Waals surface area contributed by atoms with Gasteiger partial charge in [0.15, 0.2) is 0 Å². The molecule has 0 spiro atoms. The van der Waals surface area contributed by atoms with Crippen LogP contribution in [0.2, 0.25) is 0 Å². The number of nitrogens with one attached hydrogen (secondary N) is 2. The van der Waals surface area contributed by atoms with Gasteiger partial charge < -0.3 is 5.32 Å². The van der Waals surface area contributed by atoms with Crippen molar-refractivity contribution in [1.82, 2.24) is 10.0 Å². The van der Waals surface area contributed by atoms with E-state index < -0.39 is 10.0 Å². The van der Waals surface area contributed by atoms with E-state index in [0.717, 1.165) is 24.0 Å². The average Bonchev–Trinajstić information content (AvgIpc) is 3.06. The van der Waals surface area contributed by atoms with Crippen LogP contribution in [0.1, 0.15) is 37.8 Å². The van der Waals surface area contributed by atoms with Crippen LogP contribution in [0.5, 0.6) is 0 Å². The van der Waals surface area contributed by atoms with Gasteiger partial charge in [-0.2, -0.15) is 0 Å². The van der Waals surface area contributed by atoms with Crippen LogP contribution in [0.4, 0.5) is 0 Å². The summed E-state index contributed by atoms with van der Waals surface area (Å²) in [6.07, 6.45) is 2.56. The quantitative estimate of drug-likeness (QED) is 0.836. The van der Waals surface area contributed by atoms with E-state index in [2.05, 4.69) is 10.0 Å². The second-order valence-corrected chi connectivity index (χ2v) is 7.14. The third kappa shape index (κ3) is 3.35. The van der Waals surface area contributed by atoms with Crippen LogP contribution in [-0.2, 0) is 23.0 Å². The maximum Gasteiger partial charge on any atom is 0.241 e. The molecule has 2 rings (SSSR count). The van der Waals surface area contributed by atoms with Gasteiger partial charge in [0, 0.05) is 12.1 Å². The van der Waals surface area contributed by atoms with Crippen molar-refractivity contribution in [3.63, 3.8) is 0 Å². The van der Waals surface area contributed by atoms with Crippen molar-refractivity contribution in [3.8, 4) is 0 Å². The number of hydrogen-bond acceptors (Lipinski definition) is 3. The average molecular weight is 282 g/mol. The molecular weight excluding hydrogens is 260 g/mol. The summed E-state index contributed by atoms with van der Waals surface area (Å²) in [4.78, 5) is 0.427. The van der Waals surface area contributed by atoms with Gasteiger partial charge in [-0.05, 0) is 50.4 Å². The van der Waals surface area contributed by atoms with Gasteiger partial charge in [-0.3, -0.25) is 0 Å². The Hall–Kier alpha value is -0.910. The van der Waals surface area contributed by atoms with Gasteiger partial charge in [0.2, 0.25) is 10.0 Å². The van der Waals surface area contributed by atoms with Gasteiger partial charge in [0.1, 0.15) is 0 Å². The summed E-state index contributed by atoms with van der Waals surface area (Å²) in [6.45, 7) is 4.60. The minimum atomic E-state index is -3.42. The van der Waals surface area contributed by atoms with Crippen molar-refractivity contribution in [2.24, 2.45) is 0 Å². The molecule has 1 aliphatic rings. The van der Waals surface area contributed by atoms with E-state index >= 15 is 0 Å². The third-order valence-corrected chi connectivity index (χ3v) is 5.28. The molecule has 1 aromatic carbocycles. The minimum Gasteiger partial charge on any atom is -0.316 e. The molecule has 0 bridgehead atoms. The summed E-state index contributed by atoms with van der Waals surface area (Å²) in [7, 11) is -1.56. The highest BCUT2D eigenvalue weighted by Crippen LogP contribution is 2.36. The van der Waals surface area contributed by atoms with Crippen LogP contribution in [0, 0.1) is 0 Å². The molecule has 0 saturated heterocycles. The van der Waals surface area contributed by atoms with E-state index in [0.29, 0.717) is 17.9 Å². The first-order valence-corrected chi connectivity index (χ1v) is 8.19. The van der Waals surface area contributed by atoms with E-state index in [1.165, 1.54) is 0 Å². The zero-order valence-electron chi connectivity index (χ0n) is 11.8. The molecule has 0 unspecified atom stereocenters. The van der Waals surface area contributed by atoms with Gasteiger partial charge in [-0.15, -0.1) is 0 Å². The number of sulfonamides is 1. The van der Waals surface area contributed by atoms with Crippen molar-refractivity contribution >= 4 is 10.0 Å². The molecule has 1 aliphatic carbocycles. The van der Waals surface area contributed by atoms with E-state index in [4.69, 9.17) is 0 Å². The van der Waals surface area contributed by atoms with E-state index in [1.54, 1.807) is 6.07 Å². The summed E-state index contributed by atoms with van der Waals surface area (Å²) in [5, 5.41) is 3.05. The van der Waals surface area contributed by atoms with Crippen molar-refractivity contribution in [2.45, 2.75) is 50.1 Å². The van der Waals surface area contributed by atoms with Gasteiger partial charge in [-0.25, -0.2) is 13.1 Å². The minimum absolute atomic E-state index is 0.233. The fourth-order valence-electron chi connectivity index (χ4n) is 2.12. The summed E-state index contributed by atoms with van der Waals surface area (Å²) in [5.41, 5.74) is 1.63. The second-order valence-electron chi connectivity index (χ2n) is 5.49. The topological polar surface area (TPSA) is 58.2 Å². The Morgan fingerprint density at radius 1 is 1.32 bits per heavy atom. The standard InChI is InChI=1S/C14H22N2O2S/c1-4-12-6-5-11(10-15-3)9-13(12)19(17,18)16-14(2)7-8-14/h5-6,9,15-16H,4,7-8,10H2,1-3H3. The van der Waals surface area contributed by atoms with Crippen molar-refractivity contribution in [1.29, 1.82) is 0 Å². The fourth-order valence-corrected chi connectivity index (χ4v) is 3.95. The van der Waals surface area contributed by atoms with Crippen molar-refractivity contribution < 1.29 is 8.42 Å². The van der Waals surface area contributed by atoms with E-state index in [9.17, 15) is 8.42 Å². The first kappa shape index (κ1) is 14.5. The maximum atomic E-state index is 12.5. The summed E-state index contributed by atoms with van der Waals surface area (Å²) < 4.78 is 27.8. The molecule has 5 heteroatoms. The molecule has 0 aromatic heterocycles. The molecule has 19 heavy (non-hydrogen) atoms. The molecule has 1 saturated carbocycles. The normalized spacial score (nSPS) is 17.4. The Morgan fingerprint density at radius 3 is 2.53 bits per heavy atom. The molecule has 4 nitrogen and oxygen atoms in total. The predicted molar refractivity (Wildman–Crippen MR) is 76.5 cm³/mol. The lowest BCUT2D eigenvalue weighted by Crippen LogP contribution is -2.34. The Labute approximate surface area is 115 Å². The van der Waals surface area contributed by atoms with E-state index in [-0.39, 0.29) is 5.54 Å². The first-order valence-electron chi connectivity index (χ1n) is 6.70. The lowest BCUT2D eigenvalue weighted by atomic mass is 10.1. The van der Waals surface area contributed by atoms with E-state index in [1.807, 2.05) is 33.0 Å². The molecule has 0 radical (unpaired) electrons. The Kier molecular flexibility index (Phi) is 3.99. The highest BCUT2D eigenvalue weighted by molar-refractivity contribution is 7.89. The summed E-state index contributed by atoms with van der Waals surface area (Å²) >= 11 is 0. The smallest absolute Gasteiger partial charge is 0.241 e. The molecule has 1 fully saturated rings. The number of aryl methyl sites for hydroxylation is 1. The van der Waals surface area contributed by atoms with Gasteiger partial charge in [-0.1, -0.05) is 19.1 Å². The van der Waals surface area contributed by atoms with Crippen LogP contribution in [0.25, 0.3) is 0 Å². The molecule has 0 amide bonds. The molecule has 0 atom stereocenters. The lowest BCUT2D eigenvalue weighted by Gasteiger charge is -2.16. The van der Waals surface area contributed by atoms with Crippen molar-refractivity contribution in [2.75, 3.05) is 7.05 Å². The number of benzene rings is 1. The fraction of sp³-hybridized carbons (Fsp3) is 0.571. The molecule has 0 heterocycles.